The van der Waals surface area contributed by atoms with E-state index in [9.17, 15) is 14.7 Å². The minimum absolute atomic E-state index is 0.00412. The molecule has 0 bridgehead atoms. The summed E-state index contributed by atoms with van der Waals surface area (Å²) in [5, 5.41) is 15.0. The first kappa shape index (κ1) is 24.4. The molecule has 2 amide bonds. The van der Waals surface area contributed by atoms with Crippen LogP contribution in [-0.4, -0.2) is 69.7 Å². The van der Waals surface area contributed by atoms with Crippen LogP contribution in [0.2, 0.25) is 0 Å². The van der Waals surface area contributed by atoms with Crippen molar-refractivity contribution in [2.75, 3.05) is 26.5 Å². The standard InChI is InChI=1S/C25H33N5O3S/c1-28(2)22(31)13-14-30-20-12-11-17(24(33)29(3)18-8-5-4-6-9-18)16-19(20)26-25(30)27-23(32)21-10-7-15-34-21/h7,10-12,15-16,18,22,31H,4-6,8-9,13-14H2,1-3H3,(H,26,27,32). The number of hydrogen-bond donors (Lipinski definition) is 2. The first-order chi connectivity index (χ1) is 16.3. The van der Waals surface area contributed by atoms with Crippen molar-refractivity contribution in [3.05, 3.63) is 46.2 Å². The van der Waals surface area contributed by atoms with Crippen LogP contribution in [-0.2, 0) is 6.54 Å². The normalized spacial score (nSPS) is 15.6. The first-order valence-corrected chi connectivity index (χ1v) is 12.7. The summed E-state index contributed by atoms with van der Waals surface area (Å²) in [5.74, 6) is 0.174. The molecule has 182 valence electrons. The Morgan fingerprint density at radius 1 is 1.21 bits per heavy atom. The van der Waals surface area contributed by atoms with E-state index >= 15 is 0 Å². The van der Waals surface area contributed by atoms with Crippen LogP contribution in [0.3, 0.4) is 0 Å². The fourth-order valence-electron chi connectivity index (χ4n) is 4.50. The van der Waals surface area contributed by atoms with Gasteiger partial charge in [0.15, 0.2) is 0 Å². The van der Waals surface area contributed by atoms with Gasteiger partial charge in [0, 0.05) is 31.6 Å². The first-order valence-electron chi connectivity index (χ1n) is 11.8. The number of thiophene rings is 1. The maximum absolute atomic E-state index is 13.2. The Labute approximate surface area is 204 Å². The maximum Gasteiger partial charge on any atom is 0.268 e. The molecule has 4 rings (SSSR count). The van der Waals surface area contributed by atoms with E-state index in [1.165, 1.54) is 17.8 Å². The van der Waals surface area contributed by atoms with Crippen molar-refractivity contribution < 1.29 is 14.7 Å². The lowest BCUT2D eigenvalue weighted by molar-refractivity contribution is 0.0302. The molecule has 1 fully saturated rings. The Hall–Kier alpha value is -2.75. The van der Waals surface area contributed by atoms with Crippen LogP contribution in [0.25, 0.3) is 11.0 Å². The van der Waals surface area contributed by atoms with Gasteiger partial charge in [0.2, 0.25) is 5.95 Å². The van der Waals surface area contributed by atoms with E-state index in [4.69, 9.17) is 0 Å². The van der Waals surface area contributed by atoms with Crippen molar-refractivity contribution in [3.8, 4) is 0 Å². The van der Waals surface area contributed by atoms with Crippen LogP contribution in [0.1, 0.15) is 58.6 Å². The number of aromatic nitrogens is 2. The number of benzene rings is 1. The number of carbonyl (C=O) groups excluding carboxylic acids is 2. The minimum atomic E-state index is -0.622. The lowest BCUT2D eigenvalue weighted by Crippen LogP contribution is -2.38. The van der Waals surface area contributed by atoms with Crippen molar-refractivity contribution >= 4 is 40.1 Å². The number of hydrogen-bond acceptors (Lipinski definition) is 6. The fourth-order valence-corrected chi connectivity index (χ4v) is 5.12. The molecule has 3 aromatic rings. The van der Waals surface area contributed by atoms with Crippen molar-refractivity contribution in [1.29, 1.82) is 0 Å². The molecule has 1 unspecified atom stereocenters. The van der Waals surface area contributed by atoms with E-state index < -0.39 is 6.23 Å². The fraction of sp³-hybridized carbons (Fsp3) is 0.480. The van der Waals surface area contributed by atoms with E-state index in [2.05, 4.69) is 10.3 Å². The van der Waals surface area contributed by atoms with E-state index in [-0.39, 0.29) is 17.9 Å². The van der Waals surface area contributed by atoms with Gasteiger partial charge in [-0.15, -0.1) is 11.3 Å². The van der Waals surface area contributed by atoms with Crippen molar-refractivity contribution in [2.45, 2.75) is 57.3 Å². The highest BCUT2D eigenvalue weighted by molar-refractivity contribution is 7.12. The molecular weight excluding hydrogens is 450 g/mol. The van der Waals surface area contributed by atoms with Gasteiger partial charge in [-0.05, 0) is 56.6 Å². The van der Waals surface area contributed by atoms with Crippen molar-refractivity contribution in [3.63, 3.8) is 0 Å². The molecule has 1 aliphatic carbocycles. The van der Waals surface area contributed by atoms with Gasteiger partial charge in [-0.2, -0.15) is 0 Å². The number of imidazole rings is 1. The number of carbonyl (C=O) groups is 2. The summed E-state index contributed by atoms with van der Waals surface area (Å²) in [6, 6.07) is 9.39. The molecule has 2 N–H and O–H groups in total. The van der Waals surface area contributed by atoms with Gasteiger partial charge < -0.3 is 14.6 Å². The predicted octanol–water partition coefficient (Wildman–Crippen LogP) is 4.02. The molecule has 1 atom stereocenters. The molecule has 1 saturated carbocycles. The van der Waals surface area contributed by atoms with Crippen LogP contribution >= 0.6 is 11.3 Å². The lowest BCUT2D eigenvalue weighted by Gasteiger charge is -2.31. The van der Waals surface area contributed by atoms with Gasteiger partial charge in [-0.3, -0.25) is 19.8 Å². The highest BCUT2D eigenvalue weighted by atomic mass is 32.1. The zero-order chi connectivity index (χ0) is 24.2. The van der Waals surface area contributed by atoms with E-state index in [0.29, 0.717) is 34.9 Å². The number of aliphatic hydroxyl groups is 1. The zero-order valence-electron chi connectivity index (χ0n) is 20.0. The SMILES string of the molecule is CN(C)C(O)CCn1c(NC(=O)c2cccs2)nc2cc(C(=O)N(C)C3CCCCC3)ccc21. The number of rotatable bonds is 8. The number of nitrogens with one attached hydrogen (secondary N) is 1. The van der Waals surface area contributed by atoms with Crippen LogP contribution in [0.4, 0.5) is 5.95 Å². The Morgan fingerprint density at radius 2 is 1.97 bits per heavy atom. The third-order valence-electron chi connectivity index (χ3n) is 6.62. The Balaban J connectivity index is 1.63. The smallest absolute Gasteiger partial charge is 0.268 e. The second-order valence-electron chi connectivity index (χ2n) is 9.16. The average Bonchev–Trinajstić information content (AvgIpc) is 3.50. The van der Waals surface area contributed by atoms with Crippen LogP contribution in [0.15, 0.2) is 35.7 Å². The second-order valence-corrected chi connectivity index (χ2v) is 10.1. The van der Waals surface area contributed by atoms with Crippen LogP contribution in [0.5, 0.6) is 0 Å². The third-order valence-corrected chi connectivity index (χ3v) is 7.48. The van der Waals surface area contributed by atoms with E-state index in [1.54, 1.807) is 17.0 Å². The molecule has 2 aromatic heterocycles. The van der Waals surface area contributed by atoms with Gasteiger partial charge in [-0.25, -0.2) is 4.98 Å². The molecule has 0 radical (unpaired) electrons. The molecule has 0 spiro atoms. The highest BCUT2D eigenvalue weighted by Gasteiger charge is 2.24. The molecule has 0 aliphatic heterocycles. The summed E-state index contributed by atoms with van der Waals surface area (Å²) in [6.07, 6.45) is 5.51. The van der Waals surface area contributed by atoms with Gasteiger partial charge in [0.1, 0.15) is 6.23 Å². The number of nitrogens with zero attached hydrogens (tertiary/aromatic N) is 4. The number of amides is 2. The van der Waals surface area contributed by atoms with Gasteiger partial charge in [-0.1, -0.05) is 25.3 Å². The largest absolute Gasteiger partial charge is 0.378 e. The summed E-state index contributed by atoms with van der Waals surface area (Å²) < 4.78 is 1.90. The molecule has 9 heteroatoms. The Bertz CT molecular complexity index is 1140. The van der Waals surface area contributed by atoms with Crippen molar-refractivity contribution in [2.24, 2.45) is 0 Å². The monoisotopic (exact) mass is 483 g/mol. The Morgan fingerprint density at radius 3 is 2.65 bits per heavy atom. The summed E-state index contributed by atoms with van der Waals surface area (Å²) in [7, 11) is 5.52. The molecule has 1 aliphatic rings. The average molecular weight is 484 g/mol. The van der Waals surface area contributed by atoms with Crippen molar-refractivity contribution in [1.82, 2.24) is 19.4 Å². The number of aryl methyl sites for hydroxylation is 1. The quantitative estimate of drug-likeness (QED) is 0.472. The van der Waals surface area contributed by atoms with Crippen LogP contribution in [0, 0.1) is 0 Å². The maximum atomic E-state index is 13.2. The summed E-state index contributed by atoms with van der Waals surface area (Å²) in [5.41, 5.74) is 2.04. The number of aliphatic hydroxyl groups excluding tert-OH is 1. The molecule has 2 heterocycles. The number of anilines is 1. The molecule has 8 nitrogen and oxygen atoms in total. The van der Waals surface area contributed by atoms with Gasteiger partial charge in [0.25, 0.3) is 11.8 Å². The zero-order valence-corrected chi connectivity index (χ0v) is 20.8. The molecular formula is C25H33N5O3S. The third kappa shape index (κ3) is 5.32. The van der Waals surface area contributed by atoms with Gasteiger partial charge >= 0.3 is 0 Å². The summed E-state index contributed by atoms with van der Waals surface area (Å²) in [4.78, 5) is 34.8. The second kappa shape index (κ2) is 10.7. The lowest BCUT2D eigenvalue weighted by atomic mass is 9.94. The Kier molecular flexibility index (Phi) is 7.65. The van der Waals surface area contributed by atoms with Gasteiger partial charge in [0.05, 0.1) is 15.9 Å². The summed E-state index contributed by atoms with van der Waals surface area (Å²) >= 11 is 1.36. The highest BCUT2D eigenvalue weighted by Crippen LogP contribution is 2.26. The summed E-state index contributed by atoms with van der Waals surface area (Å²) in [6.45, 7) is 0.463. The molecule has 0 saturated heterocycles. The van der Waals surface area contributed by atoms with E-state index in [1.807, 2.05) is 54.2 Å². The predicted molar refractivity (Wildman–Crippen MR) is 135 cm³/mol. The number of fused-ring (bicyclic) bond motifs is 1. The molecule has 34 heavy (non-hydrogen) atoms. The molecule has 1 aromatic carbocycles. The van der Waals surface area contributed by atoms with Crippen LogP contribution < -0.4 is 5.32 Å². The van der Waals surface area contributed by atoms with E-state index in [0.717, 1.165) is 31.2 Å². The minimum Gasteiger partial charge on any atom is -0.378 e. The topological polar surface area (TPSA) is 90.7 Å².